The second-order valence-corrected chi connectivity index (χ2v) is 5.60. The van der Waals surface area contributed by atoms with Crippen LogP contribution in [0.15, 0.2) is 18.2 Å². The van der Waals surface area contributed by atoms with Crippen molar-refractivity contribution >= 4 is 18.3 Å². The summed E-state index contributed by atoms with van der Waals surface area (Å²) in [6.07, 6.45) is 0. The van der Waals surface area contributed by atoms with Crippen molar-refractivity contribution in [3.05, 3.63) is 18.2 Å². The summed E-state index contributed by atoms with van der Waals surface area (Å²) < 4.78 is 12.0. The third-order valence-corrected chi connectivity index (χ3v) is 3.75. The van der Waals surface area contributed by atoms with Gasteiger partial charge in [-0.25, -0.2) is 0 Å². The monoisotopic (exact) mass is 265 g/mol. The van der Waals surface area contributed by atoms with E-state index in [0.29, 0.717) is 11.4 Å². The summed E-state index contributed by atoms with van der Waals surface area (Å²) >= 11 is 0. The van der Waals surface area contributed by atoms with Crippen molar-refractivity contribution in [2.24, 2.45) is 0 Å². The average Bonchev–Trinajstić information content (AvgIpc) is 2.51. The summed E-state index contributed by atoms with van der Waals surface area (Å²) in [5.74, 6) is 0.434. The van der Waals surface area contributed by atoms with Gasteiger partial charge in [-0.05, 0) is 33.8 Å². The van der Waals surface area contributed by atoms with Gasteiger partial charge in [0, 0.05) is 5.46 Å². The Morgan fingerprint density at radius 2 is 1.68 bits per heavy atom. The van der Waals surface area contributed by atoms with E-state index in [9.17, 15) is 0 Å². The van der Waals surface area contributed by atoms with Crippen LogP contribution in [0.1, 0.15) is 27.7 Å². The average molecular weight is 265 g/mol. The molecule has 0 saturated carbocycles. The van der Waals surface area contributed by atoms with Gasteiger partial charge >= 0.3 is 7.12 Å². The third-order valence-electron chi connectivity index (χ3n) is 3.75. The van der Waals surface area contributed by atoms with Crippen molar-refractivity contribution in [3.8, 4) is 5.75 Å². The molecule has 5 nitrogen and oxygen atoms in total. The molecule has 1 aromatic rings. The van der Waals surface area contributed by atoms with Crippen molar-refractivity contribution in [1.29, 1.82) is 0 Å². The first-order chi connectivity index (χ1) is 8.78. The van der Waals surface area contributed by atoms with Crippen molar-refractivity contribution < 1.29 is 19.1 Å². The second kappa shape index (κ2) is 4.70. The van der Waals surface area contributed by atoms with Gasteiger partial charge in [0.1, 0.15) is 0 Å². The molecule has 0 radical (unpaired) electrons. The summed E-state index contributed by atoms with van der Waals surface area (Å²) in [6, 6.07) is 5.42. The van der Waals surface area contributed by atoms with Crippen LogP contribution >= 0.6 is 0 Å². The maximum atomic E-state index is 5.98. The first kappa shape index (κ1) is 14.2. The molecule has 0 atom stereocenters. The predicted octanol–water partition coefficient (Wildman–Crippen LogP) is 1.51. The molecule has 1 fully saturated rings. The first-order valence-corrected chi connectivity index (χ1v) is 6.23. The fourth-order valence-electron chi connectivity index (χ4n) is 1.91. The molecule has 2 rings (SSSR count). The summed E-state index contributed by atoms with van der Waals surface area (Å²) in [7, 11) is 0.902. The molecule has 0 amide bonds. The van der Waals surface area contributed by atoms with Gasteiger partial charge in [-0.3, -0.25) is 0 Å². The maximum absolute atomic E-state index is 5.98. The zero-order valence-corrected chi connectivity index (χ0v) is 12.0. The zero-order chi connectivity index (χ0) is 14.3. The Kier molecular flexibility index (Phi) is 3.51. The topological polar surface area (TPSA) is 62.9 Å². The van der Waals surface area contributed by atoms with Crippen LogP contribution in [-0.4, -0.2) is 25.4 Å². The van der Waals surface area contributed by atoms with Gasteiger partial charge in [-0.1, -0.05) is 12.1 Å². The van der Waals surface area contributed by atoms with E-state index in [4.69, 9.17) is 24.8 Å². The Bertz CT molecular complexity index is 460. The number of rotatable bonds is 3. The van der Waals surface area contributed by atoms with E-state index in [1.807, 2.05) is 39.8 Å². The van der Waals surface area contributed by atoms with Crippen LogP contribution in [0.4, 0.5) is 5.69 Å². The lowest BCUT2D eigenvalue weighted by atomic mass is 9.78. The molecular weight excluding hydrogens is 245 g/mol. The Labute approximate surface area is 114 Å². The molecule has 0 aromatic heterocycles. The van der Waals surface area contributed by atoms with Crippen molar-refractivity contribution in [3.63, 3.8) is 0 Å². The van der Waals surface area contributed by atoms with Gasteiger partial charge in [0.15, 0.2) is 5.75 Å². The minimum atomic E-state index is -0.529. The number of para-hydroxylation sites is 1. The fourth-order valence-corrected chi connectivity index (χ4v) is 1.91. The van der Waals surface area contributed by atoms with Crippen LogP contribution in [0.2, 0.25) is 0 Å². The highest BCUT2D eigenvalue weighted by molar-refractivity contribution is 6.63. The number of benzene rings is 1. The summed E-state index contributed by atoms with van der Waals surface area (Å²) in [5, 5.41) is 0. The van der Waals surface area contributed by atoms with Gasteiger partial charge < -0.3 is 19.9 Å². The molecule has 0 bridgehead atoms. The van der Waals surface area contributed by atoms with Gasteiger partial charge in [-0.2, -0.15) is 4.89 Å². The molecule has 0 aliphatic carbocycles. The number of hydrogen-bond acceptors (Lipinski definition) is 5. The lowest BCUT2D eigenvalue weighted by molar-refractivity contribution is -0.176. The second-order valence-electron chi connectivity index (χ2n) is 5.60. The Balaban J connectivity index is 2.37. The molecule has 1 aliphatic rings. The van der Waals surface area contributed by atoms with E-state index in [1.54, 1.807) is 6.07 Å². The Morgan fingerprint density at radius 3 is 2.21 bits per heavy atom. The molecule has 0 spiro atoms. The van der Waals surface area contributed by atoms with E-state index in [0.717, 1.165) is 5.46 Å². The normalized spacial score (nSPS) is 20.6. The minimum absolute atomic E-state index is 0.410. The maximum Gasteiger partial charge on any atom is 0.498 e. The first-order valence-electron chi connectivity index (χ1n) is 6.23. The number of anilines is 1. The summed E-state index contributed by atoms with van der Waals surface area (Å²) in [4.78, 5) is 9.85. The van der Waals surface area contributed by atoms with Gasteiger partial charge in [0.2, 0.25) is 0 Å². The van der Waals surface area contributed by atoms with Crippen LogP contribution < -0.4 is 16.1 Å². The van der Waals surface area contributed by atoms with Gasteiger partial charge in [0.05, 0.1) is 24.0 Å². The lowest BCUT2D eigenvalue weighted by Crippen LogP contribution is -2.41. The predicted molar refractivity (Wildman–Crippen MR) is 74.2 cm³/mol. The lowest BCUT2D eigenvalue weighted by Gasteiger charge is -2.32. The molecular formula is C13H20BNO4. The quantitative estimate of drug-likeness (QED) is 0.388. The molecule has 0 unspecified atom stereocenters. The van der Waals surface area contributed by atoms with E-state index >= 15 is 0 Å². The number of nitrogens with two attached hydrogens (primary N) is 1. The standard InChI is InChI=1S/C13H20BNO4/c1-12(2)13(3,4)19-14(18-12)9-7-6-8-10(15)11(9)17-16-5/h6-8H,15H2,1-5H3. The highest BCUT2D eigenvalue weighted by Crippen LogP contribution is 2.37. The van der Waals surface area contributed by atoms with Gasteiger partial charge in [-0.15, -0.1) is 0 Å². The highest BCUT2D eigenvalue weighted by Gasteiger charge is 2.52. The molecule has 6 heteroatoms. The molecule has 1 saturated heterocycles. The number of hydrogen-bond donors (Lipinski definition) is 1. The molecule has 104 valence electrons. The van der Waals surface area contributed by atoms with Crippen LogP contribution in [0.3, 0.4) is 0 Å². The van der Waals surface area contributed by atoms with Gasteiger partial charge in [0.25, 0.3) is 0 Å². The SMILES string of the molecule is COOc1c(N)cccc1B1OC(C)(C)C(C)(C)O1. The third kappa shape index (κ3) is 2.43. The van der Waals surface area contributed by atoms with Crippen molar-refractivity contribution in [1.82, 2.24) is 0 Å². The Morgan fingerprint density at radius 1 is 1.11 bits per heavy atom. The van der Waals surface area contributed by atoms with E-state index in [1.165, 1.54) is 7.11 Å². The highest BCUT2D eigenvalue weighted by atomic mass is 17.2. The molecule has 19 heavy (non-hydrogen) atoms. The van der Waals surface area contributed by atoms with Crippen LogP contribution in [0.5, 0.6) is 5.75 Å². The summed E-state index contributed by atoms with van der Waals surface area (Å²) in [5.41, 5.74) is 6.28. The summed E-state index contributed by atoms with van der Waals surface area (Å²) in [6.45, 7) is 7.98. The molecule has 1 heterocycles. The van der Waals surface area contributed by atoms with Crippen molar-refractivity contribution in [2.75, 3.05) is 12.8 Å². The van der Waals surface area contributed by atoms with Crippen LogP contribution in [0.25, 0.3) is 0 Å². The number of nitrogen functional groups attached to an aromatic ring is 1. The molecule has 1 aliphatic heterocycles. The zero-order valence-electron chi connectivity index (χ0n) is 12.0. The minimum Gasteiger partial charge on any atom is -0.399 e. The van der Waals surface area contributed by atoms with E-state index in [-0.39, 0.29) is 0 Å². The Hall–Kier alpha value is -1.24. The van der Waals surface area contributed by atoms with Crippen LogP contribution in [0, 0.1) is 0 Å². The van der Waals surface area contributed by atoms with Crippen molar-refractivity contribution in [2.45, 2.75) is 38.9 Å². The fraction of sp³-hybridized carbons (Fsp3) is 0.538. The van der Waals surface area contributed by atoms with E-state index in [2.05, 4.69) is 0 Å². The smallest absolute Gasteiger partial charge is 0.399 e. The molecule has 2 N–H and O–H groups in total. The van der Waals surface area contributed by atoms with Crippen LogP contribution in [-0.2, 0) is 14.2 Å². The van der Waals surface area contributed by atoms with E-state index < -0.39 is 18.3 Å². The largest absolute Gasteiger partial charge is 0.498 e. The molecule has 1 aromatic carbocycles.